The Labute approximate surface area is 138 Å². The summed E-state index contributed by atoms with van der Waals surface area (Å²) in [6.07, 6.45) is 7.63. The summed E-state index contributed by atoms with van der Waals surface area (Å²) in [7, 11) is -3.44. The minimum absolute atomic E-state index is 0.151. The van der Waals surface area contributed by atoms with Crippen LogP contribution in [0.5, 0.6) is 0 Å². The average Bonchev–Trinajstić information content (AvgIpc) is 2.48. The Bertz CT molecular complexity index is 586. The maximum atomic E-state index is 11.9. The summed E-state index contributed by atoms with van der Waals surface area (Å²) >= 11 is 0. The highest BCUT2D eigenvalue weighted by molar-refractivity contribution is 7.90. The van der Waals surface area contributed by atoms with Crippen LogP contribution in [0.4, 0.5) is 0 Å². The number of unbranched alkanes of at least 4 members (excludes halogenated alkanes) is 4. The van der Waals surface area contributed by atoms with Crippen molar-refractivity contribution in [2.45, 2.75) is 51.2 Å². The lowest BCUT2D eigenvalue weighted by atomic mass is 10.2. The van der Waals surface area contributed by atoms with E-state index in [9.17, 15) is 18.4 Å². The zero-order valence-corrected chi connectivity index (χ0v) is 14.4. The molecule has 6 nitrogen and oxygen atoms in total. The summed E-state index contributed by atoms with van der Waals surface area (Å²) in [6, 6.07) is 3.06. The fraction of sp³-hybridized carbons (Fsp3) is 0.625. The quantitative estimate of drug-likeness (QED) is 0.266. The summed E-state index contributed by atoms with van der Waals surface area (Å²) < 4.78 is 29.5. The van der Waals surface area contributed by atoms with Crippen molar-refractivity contribution < 1.29 is 22.7 Å². The van der Waals surface area contributed by atoms with Gasteiger partial charge in [-0.3, -0.25) is 4.79 Å². The normalized spacial score (nSPS) is 11.3. The van der Waals surface area contributed by atoms with E-state index in [0.29, 0.717) is 16.9 Å². The fourth-order valence-corrected chi connectivity index (χ4v) is 3.42. The maximum absolute atomic E-state index is 11.9. The van der Waals surface area contributed by atoms with Gasteiger partial charge in [0, 0.05) is 11.6 Å². The number of aromatic nitrogens is 1. The van der Waals surface area contributed by atoms with E-state index in [4.69, 9.17) is 4.74 Å². The van der Waals surface area contributed by atoms with Crippen LogP contribution < -0.4 is 4.73 Å². The Kier molecular flexibility index (Phi) is 8.61. The van der Waals surface area contributed by atoms with Crippen LogP contribution in [0.1, 0.15) is 51.0 Å². The van der Waals surface area contributed by atoms with Gasteiger partial charge < -0.3 is 9.94 Å². The number of hydrogen-bond acceptors (Lipinski definition) is 5. The number of carbonyl (C=O) groups excluding carboxylic acids is 1. The van der Waals surface area contributed by atoms with Gasteiger partial charge in [0.1, 0.15) is 0 Å². The van der Waals surface area contributed by atoms with Crippen molar-refractivity contribution in [2.24, 2.45) is 0 Å². The van der Waals surface area contributed by atoms with Crippen LogP contribution in [-0.4, -0.2) is 26.7 Å². The monoisotopic (exact) mass is 343 g/mol. The van der Waals surface area contributed by atoms with Crippen molar-refractivity contribution in [3.05, 3.63) is 35.3 Å². The van der Waals surface area contributed by atoms with E-state index in [0.717, 1.165) is 25.7 Å². The zero-order valence-electron chi connectivity index (χ0n) is 13.6. The first-order valence-corrected chi connectivity index (χ1v) is 9.79. The number of nitrogens with zero attached hydrogens (tertiary/aromatic N) is 1. The third-order valence-electron chi connectivity index (χ3n) is 3.35. The lowest BCUT2D eigenvalue weighted by Gasteiger charge is -2.06. The summed E-state index contributed by atoms with van der Waals surface area (Å²) in [4.78, 5) is 11.5. The second-order valence-electron chi connectivity index (χ2n) is 5.55. The van der Waals surface area contributed by atoms with Gasteiger partial charge in [-0.2, -0.15) is 4.73 Å². The number of esters is 1. The molecule has 0 fully saturated rings. The summed E-state index contributed by atoms with van der Waals surface area (Å²) in [5.74, 6) is -1.01. The minimum Gasteiger partial charge on any atom is -0.619 e. The van der Waals surface area contributed by atoms with Gasteiger partial charge in [0.25, 0.3) is 0 Å². The van der Waals surface area contributed by atoms with Crippen molar-refractivity contribution in [1.29, 1.82) is 0 Å². The van der Waals surface area contributed by atoms with Crippen LogP contribution in [0.25, 0.3) is 0 Å². The van der Waals surface area contributed by atoms with Crippen LogP contribution in [0.3, 0.4) is 0 Å². The predicted octanol–water partition coefficient (Wildman–Crippen LogP) is 2.14. The molecule has 7 heteroatoms. The van der Waals surface area contributed by atoms with E-state index in [1.807, 2.05) is 0 Å². The highest BCUT2D eigenvalue weighted by atomic mass is 32.2. The fourth-order valence-electron chi connectivity index (χ4n) is 2.12. The lowest BCUT2D eigenvalue weighted by Crippen LogP contribution is -2.25. The van der Waals surface area contributed by atoms with Crippen molar-refractivity contribution in [2.75, 3.05) is 12.4 Å². The van der Waals surface area contributed by atoms with E-state index in [-0.39, 0.29) is 17.9 Å². The van der Waals surface area contributed by atoms with Gasteiger partial charge >= 0.3 is 5.97 Å². The lowest BCUT2D eigenvalue weighted by molar-refractivity contribution is -0.605. The van der Waals surface area contributed by atoms with Crippen molar-refractivity contribution in [3.63, 3.8) is 0 Å². The summed E-state index contributed by atoms with van der Waals surface area (Å²) in [6.45, 7) is 2.48. The van der Waals surface area contributed by atoms with Gasteiger partial charge in [0.15, 0.2) is 22.2 Å². The second kappa shape index (κ2) is 10.2. The van der Waals surface area contributed by atoms with Crippen LogP contribution in [-0.2, 0) is 25.1 Å². The molecule has 1 aromatic heterocycles. The Morgan fingerprint density at radius 3 is 2.70 bits per heavy atom. The van der Waals surface area contributed by atoms with E-state index < -0.39 is 15.8 Å². The molecule has 0 radical (unpaired) electrons. The molecule has 1 aromatic rings. The molecule has 0 amide bonds. The van der Waals surface area contributed by atoms with Gasteiger partial charge in [-0.05, 0) is 12.5 Å². The molecule has 0 aromatic carbocycles. The van der Waals surface area contributed by atoms with Crippen LogP contribution in [0.15, 0.2) is 24.5 Å². The Morgan fingerprint density at radius 2 is 2.00 bits per heavy atom. The summed E-state index contributed by atoms with van der Waals surface area (Å²) in [5, 5.41) is 11.1. The molecule has 1 heterocycles. The zero-order chi connectivity index (χ0) is 17.1. The molecule has 0 unspecified atom stereocenters. The molecule has 0 N–H and O–H groups in total. The number of pyridine rings is 1. The number of sulfone groups is 1. The van der Waals surface area contributed by atoms with Gasteiger partial charge in [-0.1, -0.05) is 32.6 Å². The molecule has 1 rings (SSSR count). The number of hydrogen-bond donors (Lipinski definition) is 0. The average molecular weight is 343 g/mol. The van der Waals surface area contributed by atoms with Gasteiger partial charge in [0.05, 0.1) is 24.5 Å². The molecule has 0 saturated heterocycles. The molecular formula is C16H25NO5S. The standard InChI is InChI=1S/C16H25NO5S/c1-2-3-4-5-6-11-22-16(18)9-12-23(20,21)14-15-8-7-10-17(19)13-15/h7-8,10,13H,2-6,9,11-12,14H2,1H3. The SMILES string of the molecule is CCCCCCCOC(=O)CCS(=O)(=O)Cc1ccc[n+]([O-])c1. The second-order valence-corrected chi connectivity index (χ2v) is 7.73. The van der Waals surface area contributed by atoms with E-state index in [2.05, 4.69) is 6.92 Å². The predicted molar refractivity (Wildman–Crippen MR) is 87.2 cm³/mol. The number of carbonyl (C=O) groups is 1. The van der Waals surface area contributed by atoms with Crippen LogP contribution in [0.2, 0.25) is 0 Å². The molecule has 0 aliphatic rings. The molecule has 0 aliphatic carbocycles. The Morgan fingerprint density at radius 1 is 1.26 bits per heavy atom. The van der Waals surface area contributed by atoms with E-state index in [1.54, 1.807) is 6.07 Å². The molecule has 0 saturated carbocycles. The molecule has 23 heavy (non-hydrogen) atoms. The highest BCUT2D eigenvalue weighted by Gasteiger charge is 2.16. The molecule has 0 aliphatic heterocycles. The third kappa shape index (κ3) is 9.18. The minimum atomic E-state index is -3.44. The van der Waals surface area contributed by atoms with Crippen molar-refractivity contribution in [1.82, 2.24) is 0 Å². The smallest absolute Gasteiger partial charge is 0.306 e. The third-order valence-corrected chi connectivity index (χ3v) is 4.95. The first kappa shape index (κ1) is 19.4. The Balaban J connectivity index is 2.26. The van der Waals surface area contributed by atoms with Gasteiger partial charge in [-0.25, -0.2) is 8.42 Å². The van der Waals surface area contributed by atoms with Crippen molar-refractivity contribution in [3.8, 4) is 0 Å². The maximum Gasteiger partial charge on any atom is 0.306 e. The topological polar surface area (TPSA) is 87.4 Å². The van der Waals surface area contributed by atoms with E-state index in [1.165, 1.54) is 24.9 Å². The number of ether oxygens (including phenoxy) is 1. The van der Waals surface area contributed by atoms with Crippen molar-refractivity contribution >= 4 is 15.8 Å². The molecule has 0 atom stereocenters. The summed E-state index contributed by atoms with van der Waals surface area (Å²) in [5.41, 5.74) is 0.409. The van der Waals surface area contributed by atoms with Gasteiger partial charge in [0.2, 0.25) is 0 Å². The number of rotatable bonds is 11. The first-order valence-electron chi connectivity index (χ1n) is 7.96. The largest absolute Gasteiger partial charge is 0.619 e. The van der Waals surface area contributed by atoms with Crippen LogP contribution in [0, 0.1) is 5.21 Å². The molecular weight excluding hydrogens is 318 g/mol. The Hall–Kier alpha value is -1.63. The first-order chi connectivity index (χ1) is 10.9. The highest BCUT2D eigenvalue weighted by Crippen LogP contribution is 2.07. The molecule has 0 spiro atoms. The van der Waals surface area contributed by atoms with Gasteiger partial charge in [-0.15, -0.1) is 0 Å². The molecule has 130 valence electrons. The van der Waals surface area contributed by atoms with E-state index >= 15 is 0 Å². The van der Waals surface area contributed by atoms with Crippen LogP contribution >= 0.6 is 0 Å². The molecule has 0 bridgehead atoms.